The molecule has 0 fully saturated rings. The second-order valence-electron chi connectivity index (χ2n) is 5.15. The Hall–Kier alpha value is -2.36. The molecule has 3 rings (SSSR count). The second kappa shape index (κ2) is 4.34. The van der Waals surface area contributed by atoms with E-state index in [2.05, 4.69) is 0 Å². The highest BCUT2D eigenvalue weighted by Crippen LogP contribution is 2.32. The van der Waals surface area contributed by atoms with E-state index < -0.39 is 5.82 Å². The average molecular weight is 271 g/mol. The van der Waals surface area contributed by atoms with Crippen LogP contribution in [0.25, 0.3) is 11.1 Å². The highest BCUT2D eigenvalue weighted by Gasteiger charge is 2.24. The van der Waals surface area contributed by atoms with Crippen LogP contribution in [0.5, 0.6) is 5.75 Å². The smallest absolute Gasteiger partial charge is 0.254 e. The first kappa shape index (κ1) is 12.7. The first-order chi connectivity index (χ1) is 9.47. The number of phenols is 1. The van der Waals surface area contributed by atoms with Gasteiger partial charge in [0.2, 0.25) is 0 Å². The van der Waals surface area contributed by atoms with Crippen LogP contribution in [-0.2, 0) is 6.54 Å². The summed E-state index contributed by atoms with van der Waals surface area (Å²) in [5, 5.41) is 9.50. The van der Waals surface area contributed by atoms with Gasteiger partial charge >= 0.3 is 0 Å². The zero-order valence-corrected chi connectivity index (χ0v) is 11.3. The predicted octanol–water partition coefficient (Wildman–Crippen LogP) is 3.09. The molecule has 1 aliphatic rings. The molecule has 0 aliphatic carbocycles. The lowest BCUT2D eigenvalue weighted by Crippen LogP contribution is -2.17. The molecule has 0 atom stereocenters. The number of aryl methyl sites for hydroxylation is 1. The Kier molecular flexibility index (Phi) is 2.74. The van der Waals surface area contributed by atoms with Gasteiger partial charge in [-0.1, -0.05) is 6.07 Å². The van der Waals surface area contributed by atoms with Crippen molar-refractivity contribution >= 4 is 5.91 Å². The molecular weight excluding hydrogens is 257 g/mol. The molecule has 1 amide bonds. The van der Waals surface area contributed by atoms with Gasteiger partial charge in [-0.15, -0.1) is 0 Å². The van der Waals surface area contributed by atoms with Crippen molar-refractivity contribution in [3.05, 3.63) is 52.8 Å². The molecule has 3 nitrogen and oxygen atoms in total. The maximum Gasteiger partial charge on any atom is 0.254 e. The summed E-state index contributed by atoms with van der Waals surface area (Å²) < 4.78 is 14.0. The van der Waals surface area contributed by atoms with Gasteiger partial charge in [-0.25, -0.2) is 4.39 Å². The molecular formula is C16H14FNO2. The van der Waals surface area contributed by atoms with Crippen LogP contribution in [0.2, 0.25) is 0 Å². The normalized spacial score (nSPS) is 13.8. The summed E-state index contributed by atoms with van der Waals surface area (Å²) in [6.45, 7) is 2.27. The number of fused-ring (bicyclic) bond motifs is 1. The van der Waals surface area contributed by atoms with Crippen LogP contribution >= 0.6 is 0 Å². The zero-order chi connectivity index (χ0) is 14.4. The summed E-state index contributed by atoms with van der Waals surface area (Å²) in [7, 11) is 1.74. The molecule has 20 heavy (non-hydrogen) atoms. The van der Waals surface area contributed by atoms with Gasteiger partial charge in [0, 0.05) is 30.8 Å². The topological polar surface area (TPSA) is 40.5 Å². The van der Waals surface area contributed by atoms with Gasteiger partial charge < -0.3 is 10.0 Å². The molecule has 1 heterocycles. The molecule has 0 radical (unpaired) electrons. The summed E-state index contributed by atoms with van der Waals surface area (Å²) >= 11 is 0. The number of amides is 1. The van der Waals surface area contributed by atoms with Gasteiger partial charge in [-0.05, 0) is 41.8 Å². The van der Waals surface area contributed by atoms with Crippen LogP contribution in [0.15, 0.2) is 30.3 Å². The molecule has 0 aromatic heterocycles. The number of hydrogen-bond acceptors (Lipinski definition) is 2. The van der Waals surface area contributed by atoms with Crippen LogP contribution in [0.3, 0.4) is 0 Å². The Labute approximate surface area is 116 Å². The average Bonchev–Trinajstić information content (AvgIpc) is 2.69. The molecule has 102 valence electrons. The van der Waals surface area contributed by atoms with Gasteiger partial charge in [0.1, 0.15) is 11.6 Å². The van der Waals surface area contributed by atoms with E-state index >= 15 is 0 Å². The monoisotopic (exact) mass is 271 g/mol. The number of aromatic hydroxyl groups is 1. The second-order valence-corrected chi connectivity index (χ2v) is 5.15. The van der Waals surface area contributed by atoms with Crippen molar-refractivity contribution in [2.75, 3.05) is 7.05 Å². The van der Waals surface area contributed by atoms with Crippen molar-refractivity contribution in [1.29, 1.82) is 0 Å². The Morgan fingerprint density at radius 1 is 1.20 bits per heavy atom. The van der Waals surface area contributed by atoms with E-state index in [1.54, 1.807) is 37.1 Å². The molecule has 0 saturated carbocycles. The fourth-order valence-corrected chi connectivity index (χ4v) is 2.53. The van der Waals surface area contributed by atoms with E-state index in [-0.39, 0.29) is 11.7 Å². The Morgan fingerprint density at radius 2 is 1.95 bits per heavy atom. The van der Waals surface area contributed by atoms with Crippen molar-refractivity contribution < 1.29 is 14.3 Å². The fourth-order valence-electron chi connectivity index (χ4n) is 2.53. The van der Waals surface area contributed by atoms with Crippen LogP contribution in [0, 0.1) is 12.7 Å². The minimum Gasteiger partial charge on any atom is -0.508 e. The van der Waals surface area contributed by atoms with Crippen LogP contribution in [0.1, 0.15) is 21.5 Å². The quantitative estimate of drug-likeness (QED) is 0.865. The SMILES string of the molecule is Cc1cc(-c2ccc3c(c2)CN(C)C3=O)c(F)cc1O. The minimum atomic E-state index is -0.467. The third-order valence-corrected chi connectivity index (χ3v) is 3.69. The van der Waals surface area contributed by atoms with Gasteiger partial charge in [-0.3, -0.25) is 4.79 Å². The lowest BCUT2D eigenvalue weighted by atomic mass is 9.98. The van der Waals surface area contributed by atoms with Crippen molar-refractivity contribution in [2.45, 2.75) is 13.5 Å². The van der Waals surface area contributed by atoms with Crippen molar-refractivity contribution in [2.24, 2.45) is 0 Å². The summed E-state index contributed by atoms with van der Waals surface area (Å²) in [6.07, 6.45) is 0. The molecule has 0 unspecified atom stereocenters. The highest BCUT2D eigenvalue weighted by atomic mass is 19.1. The number of halogens is 1. The van der Waals surface area contributed by atoms with Crippen LogP contribution in [0.4, 0.5) is 4.39 Å². The maximum absolute atomic E-state index is 14.0. The summed E-state index contributed by atoms with van der Waals surface area (Å²) in [5.41, 5.74) is 3.35. The van der Waals surface area contributed by atoms with Crippen LogP contribution < -0.4 is 0 Å². The molecule has 1 N–H and O–H groups in total. The fraction of sp³-hybridized carbons (Fsp3) is 0.188. The number of phenolic OH excluding ortho intramolecular Hbond substituents is 1. The Morgan fingerprint density at radius 3 is 2.70 bits per heavy atom. The molecule has 0 spiro atoms. The zero-order valence-electron chi connectivity index (χ0n) is 11.3. The number of hydrogen-bond donors (Lipinski definition) is 1. The Bertz CT molecular complexity index is 725. The third kappa shape index (κ3) is 1.84. The van der Waals surface area contributed by atoms with Gasteiger partial charge in [0.05, 0.1) is 0 Å². The summed E-state index contributed by atoms with van der Waals surface area (Å²) in [6, 6.07) is 8.05. The number of carbonyl (C=O) groups is 1. The Balaban J connectivity index is 2.12. The molecule has 2 aromatic carbocycles. The standard InChI is InChI=1S/C16H14FNO2/c1-9-5-13(14(17)7-15(9)19)10-3-4-12-11(6-10)8-18(2)16(12)20/h3-7,19H,8H2,1-2H3. The van der Waals surface area contributed by atoms with Gasteiger partial charge in [0.25, 0.3) is 5.91 Å². The van der Waals surface area contributed by atoms with E-state index in [0.717, 1.165) is 11.6 Å². The van der Waals surface area contributed by atoms with E-state index in [0.29, 0.717) is 28.8 Å². The highest BCUT2D eigenvalue weighted by molar-refractivity contribution is 5.98. The maximum atomic E-state index is 14.0. The first-order valence-corrected chi connectivity index (χ1v) is 6.35. The lowest BCUT2D eigenvalue weighted by molar-refractivity contribution is 0.0816. The molecule has 1 aliphatic heterocycles. The number of carbonyl (C=O) groups excluding carboxylic acids is 1. The molecule has 0 saturated heterocycles. The predicted molar refractivity (Wildman–Crippen MR) is 74.0 cm³/mol. The van der Waals surface area contributed by atoms with Crippen molar-refractivity contribution in [3.8, 4) is 16.9 Å². The van der Waals surface area contributed by atoms with Crippen molar-refractivity contribution in [3.63, 3.8) is 0 Å². The van der Waals surface area contributed by atoms with E-state index in [4.69, 9.17) is 0 Å². The summed E-state index contributed by atoms with van der Waals surface area (Å²) in [5.74, 6) is -0.526. The third-order valence-electron chi connectivity index (χ3n) is 3.69. The van der Waals surface area contributed by atoms with Crippen LogP contribution in [-0.4, -0.2) is 23.0 Å². The molecule has 2 aromatic rings. The molecule has 0 bridgehead atoms. The molecule has 4 heteroatoms. The van der Waals surface area contributed by atoms with E-state index in [9.17, 15) is 14.3 Å². The van der Waals surface area contributed by atoms with Crippen molar-refractivity contribution in [1.82, 2.24) is 4.90 Å². The lowest BCUT2D eigenvalue weighted by Gasteiger charge is -2.08. The number of nitrogens with zero attached hydrogens (tertiary/aromatic N) is 1. The minimum absolute atomic E-state index is 0.00564. The van der Waals surface area contributed by atoms with E-state index in [1.807, 2.05) is 6.07 Å². The number of benzene rings is 2. The first-order valence-electron chi connectivity index (χ1n) is 6.35. The van der Waals surface area contributed by atoms with Gasteiger partial charge in [0.15, 0.2) is 0 Å². The largest absolute Gasteiger partial charge is 0.508 e. The van der Waals surface area contributed by atoms with Gasteiger partial charge in [-0.2, -0.15) is 0 Å². The number of rotatable bonds is 1. The van der Waals surface area contributed by atoms with E-state index in [1.165, 1.54) is 0 Å². The summed E-state index contributed by atoms with van der Waals surface area (Å²) in [4.78, 5) is 13.5.